The van der Waals surface area contributed by atoms with E-state index in [9.17, 15) is 0 Å². The lowest BCUT2D eigenvalue weighted by Gasteiger charge is -2.37. The van der Waals surface area contributed by atoms with E-state index >= 15 is 0 Å². The van der Waals surface area contributed by atoms with E-state index in [2.05, 4.69) is 56.8 Å². The average molecular weight is 369 g/mol. The van der Waals surface area contributed by atoms with Crippen LogP contribution in [0.15, 0.2) is 12.2 Å². The van der Waals surface area contributed by atoms with Crippen LogP contribution in [0, 0.1) is 53.5 Å². The Hall–Kier alpha value is -1.34. The second-order valence-corrected chi connectivity index (χ2v) is 8.88. The average Bonchev–Trinajstić information content (AvgIpc) is 2.69. The molecule has 2 aliphatic carbocycles. The molecule has 1 heteroatoms. The third kappa shape index (κ3) is 7.30. The summed E-state index contributed by atoms with van der Waals surface area (Å²) in [4.78, 5) is 0. The topological polar surface area (TPSA) is 9.23 Å². The Labute approximate surface area is 168 Å². The Morgan fingerprint density at radius 2 is 1.67 bits per heavy atom. The zero-order chi connectivity index (χ0) is 19.5. The molecule has 150 valence electrons. The van der Waals surface area contributed by atoms with Crippen LogP contribution in [0.4, 0.5) is 0 Å². The van der Waals surface area contributed by atoms with Gasteiger partial charge in [-0.3, -0.25) is 0 Å². The molecule has 0 aromatic rings. The first-order chi connectivity index (χ1) is 13.2. The van der Waals surface area contributed by atoms with Crippen molar-refractivity contribution in [3.8, 4) is 23.9 Å². The zero-order valence-electron chi connectivity index (χ0n) is 18.1. The summed E-state index contributed by atoms with van der Waals surface area (Å²) in [5.41, 5.74) is 0. The van der Waals surface area contributed by atoms with Gasteiger partial charge in [0.15, 0.2) is 0 Å². The first kappa shape index (κ1) is 22.0. The normalized spacial score (nSPS) is 33.6. The minimum absolute atomic E-state index is 0.259. The van der Waals surface area contributed by atoms with Crippen molar-refractivity contribution in [3.63, 3.8) is 0 Å². The van der Waals surface area contributed by atoms with Crippen molar-refractivity contribution < 1.29 is 4.74 Å². The summed E-state index contributed by atoms with van der Waals surface area (Å²) in [5, 5.41) is 0. The van der Waals surface area contributed by atoms with E-state index in [-0.39, 0.29) is 6.10 Å². The van der Waals surface area contributed by atoms with Crippen molar-refractivity contribution in [2.75, 3.05) is 0 Å². The van der Waals surface area contributed by atoms with Gasteiger partial charge in [-0.05, 0) is 81.0 Å². The molecule has 4 unspecified atom stereocenters. The summed E-state index contributed by atoms with van der Waals surface area (Å²) in [6.45, 7) is 8.82. The van der Waals surface area contributed by atoms with Gasteiger partial charge in [-0.1, -0.05) is 64.5 Å². The van der Waals surface area contributed by atoms with Crippen LogP contribution < -0.4 is 0 Å². The fraction of sp³-hybridized carbons (Fsp3) is 0.769. The molecular formula is C26H40O. The molecule has 2 rings (SSSR count). The van der Waals surface area contributed by atoms with E-state index in [0.29, 0.717) is 17.8 Å². The molecular weight excluding hydrogens is 328 g/mol. The van der Waals surface area contributed by atoms with Crippen molar-refractivity contribution in [3.05, 3.63) is 12.2 Å². The summed E-state index contributed by atoms with van der Waals surface area (Å²) in [7, 11) is 0. The number of allylic oxidation sites excluding steroid dienone is 2. The number of ether oxygens (including phenoxy) is 1. The maximum absolute atomic E-state index is 5.77. The van der Waals surface area contributed by atoms with E-state index < -0.39 is 0 Å². The molecule has 0 N–H and O–H groups in total. The predicted molar refractivity (Wildman–Crippen MR) is 116 cm³/mol. The number of unbranched alkanes of at least 4 members (excludes halogenated alkanes) is 2. The summed E-state index contributed by atoms with van der Waals surface area (Å²) < 4.78 is 5.77. The maximum Gasteiger partial charge on any atom is 0.124 e. The second-order valence-electron chi connectivity index (χ2n) is 8.88. The summed E-state index contributed by atoms with van der Waals surface area (Å²) in [6.07, 6.45) is 21.9. The lowest BCUT2D eigenvalue weighted by molar-refractivity contribution is 0.0288. The van der Waals surface area contributed by atoms with Crippen molar-refractivity contribution in [2.45, 2.75) is 98.0 Å². The molecule has 1 nitrogen and oxygen atoms in total. The van der Waals surface area contributed by atoms with E-state index in [1.165, 1.54) is 57.8 Å². The van der Waals surface area contributed by atoms with Crippen LogP contribution in [0.2, 0.25) is 0 Å². The van der Waals surface area contributed by atoms with Gasteiger partial charge >= 0.3 is 0 Å². The van der Waals surface area contributed by atoms with Gasteiger partial charge in [0.25, 0.3) is 0 Å². The molecule has 0 radical (unpaired) electrons. The van der Waals surface area contributed by atoms with Gasteiger partial charge < -0.3 is 4.74 Å². The van der Waals surface area contributed by atoms with E-state index in [1.54, 1.807) is 6.92 Å². The number of hydrogen-bond acceptors (Lipinski definition) is 1. The molecule has 0 bridgehead atoms. The van der Waals surface area contributed by atoms with Gasteiger partial charge in [0.05, 0.1) is 0 Å². The minimum atomic E-state index is 0.259. The minimum Gasteiger partial charge on any atom is -0.442 e. The number of hydrogen-bond donors (Lipinski definition) is 0. The Morgan fingerprint density at radius 1 is 0.889 bits per heavy atom. The summed E-state index contributed by atoms with van der Waals surface area (Å²) in [5.74, 6) is 12.0. The first-order valence-corrected chi connectivity index (χ1v) is 11.4. The van der Waals surface area contributed by atoms with E-state index in [4.69, 9.17) is 4.74 Å². The lowest BCUT2D eigenvalue weighted by atomic mass is 9.71. The molecule has 2 saturated carbocycles. The molecule has 4 atom stereocenters. The summed E-state index contributed by atoms with van der Waals surface area (Å²) in [6, 6.07) is 0. The van der Waals surface area contributed by atoms with Crippen molar-refractivity contribution in [1.82, 2.24) is 0 Å². The molecule has 0 heterocycles. The van der Waals surface area contributed by atoms with Crippen LogP contribution in [0.25, 0.3) is 0 Å². The highest BCUT2D eigenvalue weighted by Crippen LogP contribution is 2.38. The Balaban J connectivity index is 1.74. The standard InChI is InChI=1S/C26H40O/c1-5-7-9-11-23-12-14-24(15-13-23)16-17-25-18-19-26(22(4)21(25)3)27-20-10-8-6-2/h16-17,21-26H,5,7,9,11-15,18-19H2,1-4H3. The quantitative estimate of drug-likeness (QED) is 0.267. The van der Waals surface area contributed by atoms with Crippen LogP contribution in [-0.4, -0.2) is 6.10 Å². The fourth-order valence-corrected chi connectivity index (χ4v) is 4.89. The molecule has 0 aromatic heterocycles. The smallest absolute Gasteiger partial charge is 0.124 e. The molecule has 0 aromatic carbocycles. The first-order valence-electron chi connectivity index (χ1n) is 11.4. The molecule has 27 heavy (non-hydrogen) atoms. The second kappa shape index (κ2) is 12.2. The van der Waals surface area contributed by atoms with Crippen LogP contribution in [-0.2, 0) is 4.74 Å². The van der Waals surface area contributed by atoms with Crippen LogP contribution >= 0.6 is 0 Å². The zero-order valence-corrected chi connectivity index (χ0v) is 18.1. The van der Waals surface area contributed by atoms with Gasteiger partial charge in [0, 0.05) is 5.92 Å². The number of rotatable bonds is 7. The fourth-order valence-electron chi connectivity index (χ4n) is 4.89. The Kier molecular flexibility index (Phi) is 9.91. The van der Waals surface area contributed by atoms with Crippen molar-refractivity contribution in [2.24, 2.45) is 29.6 Å². The van der Waals surface area contributed by atoms with Gasteiger partial charge in [-0.2, -0.15) is 0 Å². The molecule has 2 fully saturated rings. The monoisotopic (exact) mass is 368 g/mol. The predicted octanol–water partition coefficient (Wildman–Crippen LogP) is 6.98. The lowest BCUT2D eigenvalue weighted by Crippen LogP contribution is -2.35. The maximum atomic E-state index is 5.77. The molecule has 0 spiro atoms. The highest BCUT2D eigenvalue weighted by atomic mass is 16.5. The van der Waals surface area contributed by atoms with Crippen LogP contribution in [0.3, 0.4) is 0 Å². The third-order valence-electron chi connectivity index (χ3n) is 7.06. The third-order valence-corrected chi connectivity index (χ3v) is 7.06. The van der Waals surface area contributed by atoms with E-state index in [1.807, 2.05) is 0 Å². The summed E-state index contributed by atoms with van der Waals surface area (Å²) >= 11 is 0. The molecule has 0 aliphatic heterocycles. The molecule has 0 saturated heterocycles. The van der Waals surface area contributed by atoms with Gasteiger partial charge in [0.1, 0.15) is 12.2 Å². The van der Waals surface area contributed by atoms with E-state index in [0.717, 1.165) is 18.3 Å². The van der Waals surface area contributed by atoms with Gasteiger partial charge in [-0.25, -0.2) is 0 Å². The highest BCUT2D eigenvalue weighted by molar-refractivity contribution is 5.22. The Bertz CT molecular complexity index is 558. The van der Waals surface area contributed by atoms with Gasteiger partial charge in [0.2, 0.25) is 0 Å². The largest absolute Gasteiger partial charge is 0.442 e. The van der Waals surface area contributed by atoms with Crippen molar-refractivity contribution >= 4 is 0 Å². The highest BCUT2D eigenvalue weighted by Gasteiger charge is 2.34. The SMILES string of the molecule is CC#CC#COC1CCC(C=CC2CCC(CCCCC)CC2)C(C)C1C. The van der Waals surface area contributed by atoms with Crippen LogP contribution in [0.5, 0.6) is 0 Å². The van der Waals surface area contributed by atoms with Crippen LogP contribution in [0.1, 0.15) is 91.9 Å². The van der Waals surface area contributed by atoms with Gasteiger partial charge in [-0.15, -0.1) is 0 Å². The molecule has 0 amide bonds. The van der Waals surface area contributed by atoms with Crippen molar-refractivity contribution in [1.29, 1.82) is 0 Å². The Morgan fingerprint density at radius 3 is 2.37 bits per heavy atom. The molecule has 2 aliphatic rings.